The maximum absolute atomic E-state index is 12.6. The van der Waals surface area contributed by atoms with Crippen molar-refractivity contribution in [3.8, 4) is 0 Å². The Morgan fingerprint density at radius 3 is 2.68 bits per heavy atom. The Morgan fingerprint density at radius 2 is 2.04 bits per heavy atom. The summed E-state index contributed by atoms with van der Waals surface area (Å²) in [4.78, 5) is 37.3. The number of aliphatic carboxylic acids is 1. The highest BCUT2D eigenvalue weighted by molar-refractivity contribution is 14.1. The number of carboxylic acid groups (broad SMARTS) is 1. The maximum Gasteiger partial charge on any atom is 0.337 e. The molecule has 2 rings (SSSR count). The van der Waals surface area contributed by atoms with Crippen molar-refractivity contribution < 1.29 is 19.5 Å². The number of carbonyl (C=O) groups excluding carboxylic acids is 2. The van der Waals surface area contributed by atoms with Gasteiger partial charge < -0.3 is 10.4 Å². The SMILES string of the molecule is O=C(N[C@H]1CCC=CN([C@@H](I)C(=O)O)C1=O)[C@H](S)Cc1ccccc1. The lowest BCUT2D eigenvalue weighted by Crippen LogP contribution is -2.51. The summed E-state index contributed by atoms with van der Waals surface area (Å²) in [6, 6.07) is 8.73. The number of alkyl halides is 1. The molecule has 2 N–H and O–H groups in total. The Balaban J connectivity index is 2.01. The molecule has 0 aromatic heterocycles. The van der Waals surface area contributed by atoms with E-state index in [1.165, 1.54) is 6.20 Å². The van der Waals surface area contributed by atoms with Crippen molar-refractivity contribution in [2.24, 2.45) is 0 Å². The minimum atomic E-state index is -1.11. The van der Waals surface area contributed by atoms with E-state index in [1.807, 2.05) is 30.3 Å². The fraction of sp³-hybridized carbons (Fsp3) is 0.353. The van der Waals surface area contributed by atoms with E-state index in [0.29, 0.717) is 19.3 Å². The Hall–Kier alpha value is -1.55. The molecule has 8 heteroatoms. The average molecular weight is 474 g/mol. The number of nitrogens with one attached hydrogen (secondary N) is 1. The highest BCUT2D eigenvalue weighted by Crippen LogP contribution is 2.18. The number of nitrogens with zero attached hydrogens (tertiary/aromatic N) is 1. The van der Waals surface area contributed by atoms with E-state index in [4.69, 9.17) is 5.11 Å². The Kier molecular flexibility index (Phi) is 7.30. The lowest BCUT2D eigenvalue weighted by atomic mass is 10.1. The van der Waals surface area contributed by atoms with E-state index in [0.717, 1.165) is 10.5 Å². The zero-order chi connectivity index (χ0) is 18.4. The average Bonchev–Trinajstić information content (AvgIpc) is 2.77. The molecule has 0 radical (unpaired) electrons. The van der Waals surface area contributed by atoms with E-state index in [-0.39, 0.29) is 5.91 Å². The second kappa shape index (κ2) is 9.23. The molecule has 1 aromatic rings. The molecule has 0 bridgehead atoms. The summed E-state index contributed by atoms with van der Waals surface area (Å²) in [5.74, 6) is -1.88. The van der Waals surface area contributed by atoms with Crippen LogP contribution in [0, 0.1) is 0 Å². The first-order valence-corrected chi connectivity index (χ1v) is 9.54. The van der Waals surface area contributed by atoms with Crippen LogP contribution in [0.3, 0.4) is 0 Å². The molecule has 1 aliphatic rings. The van der Waals surface area contributed by atoms with Crippen LogP contribution in [0.1, 0.15) is 18.4 Å². The summed E-state index contributed by atoms with van der Waals surface area (Å²) in [5.41, 5.74) is 0.978. The smallest absolute Gasteiger partial charge is 0.337 e. The normalized spacial score (nSPS) is 19.8. The van der Waals surface area contributed by atoms with Crippen molar-refractivity contribution in [2.75, 3.05) is 0 Å². The van der Waals surface area contributed by atoms with Gasteiger partial charge in [0.1, 0.15) is 6.04 Å². The fourth-order valence-electron chi connectivity index (χ4n) is 2.47. The summed E-state index contributed by atoms with van der Waals surface area (Å²) in [6.45, 7) is 0. The molecule has 2 amide bonds. The van der Waals surface area contributed by atoms with Gasteiger partial charge in [-0.05, 0) is 47.4 Å². The lowest BCUT2D eigenvalue weighted by Gasteiger charge is -2.26. The molecule has 1 aliphatic heterocycles. The third-order valence-electron chi connectivity index (χ3n) is 3.78. The molecule has 1 aromatic carbocycles. The van der Waals surface area contributed by atoms with Crippen LogP contribution in [0.5, 0.6) is 0 Å². The van der Waals surface area contributed by atoms with Crippen LogP contribution < -0.4 is 5.32 Å². The Labute approximate surface area is 165 Å². The quantitative estimate of drug-likeness (QED) is 0.255. The third-order valence-corrected chi connectivity index (χ3v) is 5.33. The van der Waals surface area contributed by atoms with Gasteiger partial charge in [-0.2, -0.15) is 12.6 Å². The summed E-state index contributed by atoms with van der Waals surface area (Å²) in [6.07, 6.45) is 4.66. The molecule has 0 saturated carbocycles. The number of amides is 2. The predicted octanol–water partition coefficient (Wildman–Crippen LogP) is 1.99. The number of halogens is 1. The zero-order valence-electron chi connectivity index (χ0n) is 13.3. The number of rotatable bonds is 6. The van der Waals surface area contributed by atoms with E-state index in [9.17, 15) is 14.4 Å². The largest absolute Gasteiger partial charge is 0.479 e. The van der Waals surface area contributed by atoms with Crippen LogP contribution in [0.4, 0.5) is 0 Å². The van der Waals surface area contributed by atoms with Crippen molar-refractivity contribution in [3.63, 3.8) is 0 Å². The first-order chi connectivity index (χ1) is 11.9. The third kappa shape index (κ3) is 5.46. The first-order valence-electron chi connectivity index (χ1n) is 7.78. The number of allylic oxidation sites excluding steroid dienone is 1. The summed E-state index contributed by atoms with van der Waals surface area (Å²) >= 11 is 6.02. The molecule has 6 nitrogen and oxygen atoms in total. The number of hydrogen-bond acceptors (Lipinski definition) is 4. The minimum absolute atomic E-state index is 0.340. The van der Waals surface area contributed by atoms with Gasteiger partial charge in [0.15, 0.2) is 4.05 Å². The molecule has 1 heterocycles. The van der Waals surface area contributed by atoms with Crippen molar-refractivity contribution in [1.29, 1.82) is 0 Å². The molecular weight excluding hydrogens is 455 g/mol. The molecule has 0 spiro atoms. The first kappa shape index (κ1) is 19.8. The number of benzene rings is 1. The number of carbonyl (C=O) groups is 3. The lowest BCUT2D eigenvalue weighted by molar-refractivity contribution is -0.144. The van der Waals surface area contributed by atoms with E-state index < -0.39 is 27.2 Å². The van der Waals surface area contributed by atoms with E-state index in [2.05, 4.69) is 17.9 Å². The minimum Gasteiger partial charge on any atom is -0.479 e. The van der Waals surface area contributed by atoms with Gasteiger partial charge >= 0.3 is 5.97 Å². The highest BCUT2D eigenvalue weighted by Gasteiger charge is 2.33. The van der Waals surface area contributed by atoms with Crippen molar-refractivity contribution in [1.82, 2.24) is 10.2 Å². The molecule has 0 fully saturated rings. The Bertz CT molecular complexity index is 668. The molecule has 0 aliphatic carbocycles. The van der Waals surface area contributed by atoms with Gasteiger partial charge in [0.2, 0.25) is 11.8 Å². The molecule has 134 valence electrons. The summed E-state index contributed by atoms with van der Waals surface area (Å²) < 4.78 is -1.02. The fourth-order valence-corrected chi connectivity index (χ4v) is 3.21. The van der Waals surface area contributed by atoms with Gasteiger partial charge in [0, 0.05) is 6.20 Å². The van der Waals surface area contributed by atoms with Gasteiger partial charge in [-0.3, -0.25) is 14.5 Å². The van der Waals surface area contributed by atoms with Crippen LogP contribution in [0.15, 0.2) is 42.6 Å². The topological polar surface area (TPSA) is 86.7 Å². The molecule has 25 heavy (non-hydrogen) atoms. The molecular formula is C17H19IN2O4S. The standard InChI is InChI=1S/C17H19IN2O4S/c18-14(17(23)24)20-9-5-4-8-12(16(20)22)19-15(21)13(25)10-11-6-2-1-3-7-11/h1-3,5-7,9,12-14,25H,4,8,10H2,(H,19,21)(H,23,24)/t12-,13+,14+/m0/s1. The van der Waals surface area contributed by atoms with Gasteiger partial charge in [0.25, 0.3) is 0 Å². The van der Waals surface area contributed by atoms with Crippen LogP contribution in [0.25, 0.3) is 0 Å². The molecule has 0 saturated heterocycles. The summed E-state index contributed by atoms with van der Waals surface area (Å²) in [7, 11) is 0. The number of hydrogen-bond donors (Lipinski definition) is 3. The van der Waals surface area contributed by atoms with Crippen LogP contribution in [0.2, 0.25) is 0 Å². The number of carboxylic acids is 1. The van der Waals surface area contributed by atoms with Gasteiger partial charge in [-0.1, -0.05) is 36.4 Å². The maximum atomic E-state index is 12.6. The monoisotopic (exact) mass is 474 g/mol. The van der Waals surface area contributed by atoms with Crippen molar-refractivity contribution >= 4 is 53.0 Å². The highest BCUT2D eigenvalue weighted by atomic mass is 127. The Morgan fingerprint density at radius 1 is 1.36 bits per heavy atom. The zero-order valence-corrected chi connectivity index (χ0v) is 16.4. The van der Waals surface area contributed by atoms with E-state index in [1.54, 1.807) is 28.7 Å². The van der Waals surface area contributed by atoms with Gasteiger partial charge in [0.05, 0.1) is 5.25 Å². The molecule has 3 atom stereocenters. The van der Waals surface area contributed by atoms with Crippen LogP contribution in [-0.4, -0.2) is 43.1 Å². The number of thiol groups is 1. The summed E-state index contributed by atoms with van der Waals surface area (Å²) in [5, 5.41) is 11.3. The van der Waals surface area contributed by atoms with Crippen LogP contribution in [-0.2, 0) is 20.8 Å². The molecule has 0 unspecified atom stereocenters. The second-order valence-corrected chi connectivity index (χ2v) is 7.45. The van der Waals surface area contributed by atoms with Gasteiger partial charge in [-0.25, -0.2) is 4.79 Å². The van der Waals surface area contributed by atoms with Crippen LogP contribution >= 0.6 is 35.2 Å². The van der Waals surface area contributed by atoms with Crippen molar-refractivity contribution in [2.45, 2.75) is 34.6 Å². The van der Waals surface area contributed by atoms with Gasteiger partial charge in [-0.15, -0.1) is 0 Å². The van der Waals surface area contributed by atoms with E-state index >= 15 is 0 Å². The second-order valence-electron chi connectivity index (χ2n) is 5.65. The predicted molar refractivity (Wildman–Crippen MR) is 106 cm³/mol. The van der Waals surface area contributed by atoms with Crippen molar-refractivity contribution in [3.05, 3.63) is 48.2 Å².